The Kier molecular flexibility index (Phi) is 4.53. The zero-order chi connectivity index (χ0) is 13.7. The van der Waals surface area contributed by atoms with E-state index in [1.807, 2.05) is 50.2 Å². The smallest absolute Gasteiger partial charge is 0.188 e. The molecule has 4 heteroatoms. The van der Waals surface area contributed by atoms with Crippen molar-refractivity contribution in [1.82, 2.24) is 9.97 Å². The lowest BCUT2D eigenvalue weighted by Gasteiger charge is -2.13. The summed E-state index contributed by atoms with van der Waals surface area (Å²) in [5.74, 6) is 0. The predicted molar refractivity (Wildman–Crippen MR) is 76.8 cm³/mol. The van der Waals surface area contributed by atoms with Crippen LogP contribution in [-0.2, 0) is 0 Å². The topological polar surface area (TPSA) is 49.6 Å². The number of hydrogen-bond donors (Lipinski definition) is 0. The zero-order valence-corrected chi connectivity index (χ0v) is 11.8. The molecule has 0 aliphatic heterocycles. The van der Waals surface area contributed by atoms with Crippen LogP contribution in [0.5, 0.6) is 0 Å². The highest BCUT2D eigenvalue weighted by Crippen LogP contribution is 2.35. The molecule has 2 aromatic rings. The van der Waals surface area contributed by atoms with Crippen molar-refractivity contribution in [2.45, 2.75) is 30.7 Å². The maximum absolute atomic E-state index is 8.98. The molecule has 0 radical (unpaired) electrons. The van der Waals surface area contributed by atoms with Crippen LogP contribution in [0.2, 0.25) is 0 Å². The monoisotopic (exact) mass is 269 g/mol. The highest BCUT2D eigenvalue weighted by Gasteiger charge is 2.14. The van der Waals surface area contributed by atoms with Crippen LogP contribution in [0.4, 0.5) is 0 Å². The molecule has 3 nitrogen and oxygen atoms in total. The molecule has 0 saturated carbocycles. The first kappa shape index (κ1) is 13.6. The Hall–Kier alpha value is -1.86. The van der Waals surface area contributed by atoms with E-state index >= 15 is 0 Å². The Balaban J connectivity index is 2.24. The van der Waals surface area contributed by atoms with E-state index in [4.69, 9.17) is 5.26 Å². The van der Waals surface area contributed by atoms with Crippen molar-refractivity contribution in [1.29, 1.82) is 5.26 Å². The van der Waals surface area contributed by atoms with Gasteiger partial charge in [0, 0.05) is 11.4 Å². The Morgan fingerprint density at radius 2 is 1.79 bits per heavy atom. The average Bonchev–Trinajstić information content (AvgIpc) is 2.38. The van der Waals surface area contributed by atoms with E-state index < -0.39 is 0 Å². The summed E-state index contributed by atoms with van der Waals surface area (Å²) in [6.07, 6.45) is 0.449. The molecule has 1 unspecified atom stereocenters. The van der Waals surface area contributed by atoms with Crippen molar-refractivity contribution in [3.05, 3.63) is 53.3 Å². The second-order valence-corrected chi connectivity index (χ2v) is 5.48. The minimum absolute atomic E-state index is 0.0763. The van der Waals surface area contributed by atoms with Gasteiger partial charge in [0.2, 0.25) is 0 Å². The van der Waals surface area contributed by atoms with Crippen molar-refractivity contribution in [3.8, 4) is 6.07 Å². The van der Waals surface area contributed by atoms with E-state index in [0.29, 0.717) is 6.42 Å². The number of hydrogen-bond acceptors (Lipinski definition) is 4. The molecule has 2 rings (SSSR count). The van der Waals surface area contributed by atoms with Gasteiger partial charge in [-0.1, -0.05) is 42.1 Å². The van der Waals surface area contributed by atoms with Crippen LogP contribution >= 0.6 is 11.8 Å². The van der Waals surface area contributed by atoms with Gasteiger partial charge < -0.3 is 0 Å². The van der Waals surface area contributed by atoms with E-state index in [1.54, 1.807) is 11.8 Å². The minimum atomic E-state index is 0.0763. The molecule has 96 valence electrons. The van der Waals surface area contributed by atoms with Crippen LogP contribution in [0, 0.1) is 25.2 Å². The van der Waals surface area contributed by atoms with Gasteiger partial charge >= 0.3 is 0 Å². The summed E-state index contributed by atoms with van der Waals surface area (Å²) >= 11 is 1.55. The third kappa shape index (κ3) is 3.80. The lowest BCUT2D eigenvalue weighted by atomic mass is 10.1. The molecular formula is C15H15N3S. The number of thioether (sulfide) groups is 1. The first-order valence-corrected chi connectivity index (χ1v) is 6.98. The lowest BCUT2D eigenvalue weighted by Crippen LogP contribution is -1.98. The molecule has 19 heavy (non-hydrogen) atoms. The summed E-state index contributed by atoms with van der Waals surface area (Å²) in [6, 6.07) is 14.2. The fourth-order valence-electron chi connectivity index (χ4n) is 1.85. The Morgan fingerprint density at radius 3 is 2.37 bits per heavy atom. The average molecular weight is 269 g/mol. The van der Waals surface area contributed by atoms with E-state index in [0.717, 1.165) is 22.1 Å². The molecule has 0 fully saturated rings. The number of nitriles is 1. The molecule has 0 N–H and O–H groups in total. The first-order valence-electron chi connectivity index (χ1n) is 6.10. The van der Waals surface area contributed by atoms with Crippen LogP contribution < -0.4 is 0 Å². The third-order valence-electron chi connectivity index (χ3n) is 2.66. The van der Waals surface area contributed by atoms with Gasteiger partial charge in [-0.25, -0.2) is 9.97 Å². The summed E-state index contributed by atoms with van der Waals surface area (Å²) in [5.41, 5.74) is 3.05. The van der Waals surface area contributed by atoms with Gasteiger partial charge in [0.1, 0.15) is 0 Å². The lowest BCUT2D eigenvalue weighted by molar-refractivity contribution is 0.884. The maximum Gasteiger partial charge on any atom is 0.188 e. The van der Waals surface area contributed by atoms with Gasteiger partial charge in [0.15, 0.2) is 5.16 Å². The Bertz CT molecular complexity index is 570. The number of benzene rings is 1. The van der Waals surface area contributed by atoms with Gasteiger partial charge in [0.05, 0.1) is 17.7 Å². The second kappa shape index (κ2) is 6.35. The third-order valence-corrected chi connectivity index (χ3v) is 3.77. The summed E-state index contributed by atoms with van der Waals surface area (Å²) in [4.78, 5) is 8.85. The molecule has 0 spiro atoms. The summed E-state index contributed by atoms with van der Waals surface area (Å²) in [7, 11) is 0. The van der Waals surface area contributed by atoms with E-state index in [1.165, 1.54) is 0 Å². The molecule has 0 saturated heterocycles. The fraction of sp³-hybridized carbons (Fsp3) is 0.267. The molecule has 1 aromatic heterocycles. The summed E-state index contributed by atoms with van der Waals surface area (Å²) < 4.78 is 0. The minimum Gasteiger partial charge on any atom is -0.228 e. The van der Waals surface area contributed by atoms with E-state index in [9.17, 15) is 0 Å². The molecular weight excluding hydrogens is 254 g/mol. The molecule has 1 aromatic carbocycles. The highest BCUT2D eigenvalue weighted by molar-refractivity contribution is 7.99. The van der Waals surface area contributed by atoms with Crippen LogP contribution in [0.25, 0.3) is 0 Å². The summed E-state index contributed by atoms with van der Waals surface area (Å²) in [5, 5.41) is 9.79. The molecule has 0 amide bonds. The standard InChI is InChI=1S/C15H15N3S/c1-11-10-12(2)18-15(17-11)19-14(8-9-16)13-6-4-3-5-7-13/h3-7,10,14H,8H2,1-2H3. The SMILES string of the molecule is Cc1cc(C)nc(SC(CC#N)c2ccccc2)n1. The van der Waals surface area contributed by atoms with Gasteiger partial charge in [-0.2, -0.15) is 5.26 Å². The fourth-order valence-corrected chi connectivity index (χ4v) is 2.95. The van der Waals surface area contributed by atoms with E-state index in [2.05, 4.69) is 16.0 Å². The quantitative estimate of drug-likeness (QED) is 0.625. The second-order valence-electron chi connectivity index (χ2n) is 4.31. The number of nitrogens with zero attached hydrogens (tertiary/aromatic N) is 3. The van der Waals surface area contributed by atoms with Crippen LogP contribution in [0.15, 0.2) is 41.6 Å². The van der Waals surface area contributed by atoms with Crippen molar-refractivity contribution in [2.24, 2.45) is 0 Å². The van der Waals surface area contributed by atoms with Crippen molar-refractivity contribution in [2.75, 3.05) is 0 Å². The van der Waals surface area contributed by atoms with Gasteiger partial charge in [0.25, 0.3) is 0 Å². The molecule has 1 heterocycles. The predicted octanol–water partition coefficient (Wildman–Crippen LogP) is 3.84. The Morgan fingerprint density at radius 1 is 1.16 bits per heavy atom. The van der Waals surface area contributed by atoms with Gasteiger partial charge in [-0.3, -0.25) is 0 Å². The highest BCUT2D eigenvalue weighted by atomic mass is 32.2. The van der Waals surface area contributed by atoms with Crippen LogP contribution in [0.1, 0.15) is 28.6 Å². The van der Waals surface area contributed by atoms with Crippen molar-refractivity contribution >= 4 is 11.8 Å². The normalized spacial score (nSPS) is 11.8. The molecule has 1 atom stereocenters. The zero-order valence-electron chi connectivity index (χ0n) is 11.0. The number of aromatic nitrogens is 2. The first-order chi connectivity index (χ1) is 9.19. The number of aryl methyl sites for hydroxylation is 2. The van der Waals surface area contributed by atoms with Gasteiger partial charge in [-0.05, 0) is 25.5 Å². The molecule has 0 bridgehead atoms. The van der Waals surface area contributed by atoms with Gasteiger partial charge in [-0.15, -0.1) is 0 Å². The molecule has 0 aliphatic carbocycles. The van der Waals surface area contributed by atoms with Crippen LogP contribution in [0.3, 0.4) is 0 Å². The number of rotatable bonds is 4. The Labute approximate surface area is 117 Å². The maximum atomic E-state index is 8.98. The largest absolute Gasteiger partial charge is 0.228 e. The summed E-state index contributed by atoms with van der Waals surface area (Å²) in [6.45, 7) is 3.92. The molecule has 0 aliphatic rings. The van der Waals surface area contributed by atoms with Crippen LogP contribution in [-0.4, -0.2) is 9.97 Å². The van der Waals surface area contributed by atoms with Crippen molar-refractivity contribution < 1.29 is 0 Å². The van der Waals surface area contributed by atoms with E-state index in [-0.39, 0.29) is 5.25 Å². The van der Waals surface area contributed by atoms with Crippen molar-refractivity contribution in [3.63, 3.8) is 0 Å².